The Morgan fingerprint density at radius 1 is 1.20 bits per heavy atom. The fourth-order valence-electron chi connectivity index (χ4n) is 2.42. The quantitative estimate of drug-likeness (QED) is 0.621. The molecule has 1 aliphatic heterocycles. The third-order valence-electron chi connectivity index (χ3n) is 3.23. The fourth-order valence-corrected chi connectivity index (χ4v) is 2.42. The van der Waals surface area contributed by atoms with E-state index in [1.165, 1.54) is 12.0 Å². The molecule has 1 aliphatic rings. The van der Waals surface area contributed by atoms with Crippen LogP contribution in [0.2, 0.25) is 0 Å². The predicted octanol–water partition coefficient (Wildman–Crippen LogP) is 3.99. The third-order valence-corrected chi connectivity index (χ3v) is 3.23. The molecule has 0 bridgehead atoms. The molecule has 1 aromatic rings. The maximum absolute atomic E-state index is 5.77. The molecule has 0 aliphatic carbocycles. The summed E-state index contributed by atoms with van der Waals surface area (Å²) in [5, 5.41) is 0. The molecule has 1 unspecified atom stereocenters. The highest BCUT2D eigenvalue weighted by Crippen LogP contribution is 2.43. The average Bonchev–Trinajstić information content (AvgIpc) is 2.38. The number of rotatable bonds is 0. The minimum Gasteiger partial charge on any atom is -0.493 e. The first-order valence-electron chi connectivity index (χ1n) is 5.81. The highest BCUT2D eigenvalue weighted by molar-refractivity contribution is 5.37. The van der Waals surface area contributed by atoms with Crippen LogP contribution in [0.25, 0.3) is 0 Å². The van der Waals surface area contributed by atoms with Crippen LogP contribution in [-0.4, -0.2) is 6.61 Å². The molecule has 1 heterocycles. The van der Waals surface area contributed by atoms with Crippen LogP contribution in [0.15, 0.2) is 24.3 Å². The molecule has 2 rings (SSSR count). The summed E-state index contributed by atoms with van der Waals surface area (Å²) in [6.45, 7) is 7.82. The Hall–Kier alpha value is -0.980. The van der Waals surface area contributed by atoms with E-state index < -0.39 is 0 Å². The van der Waals surface area contributed by atoms with Gasteiger partial charge in [-0.3, -0.25) is 0 Å². The topological polar surface area (TPSA) is 9.23 Å². The molecule has 1 nitrogen and oxygen atoms in total. The predicted molar refractivity (Wildman–Crippen MR) is 63.4 cm³/mol. The van der Waals surface area contributed by atoms with Gasteiger partial charge < -0.3 is 4.74 Å². The van der Waals surface area contributed by atoms with Crippen LogP contribution < -0.4 is 4.74 Å². The lowest BCUT2D eigenvalue weighted by Gasteiger charge is -2.30. The normalized spacial score (nSPS) is 21.4. The molecular weight excluding hydrogens is 184 g/mol. The Morgan fingerprint density at radius 3 is 2.67 bits per heavy atom. The molecule has 0 radical (unpaired) electrons. The highest BCUT2D eigenvalue weighted by atomic mass is 16.5. The van der Waals surface area contributed by atoms with Crippen LogP contribution in [0.1, 0.15) is 45.1 Å². The summed E-state index contributed by atoms with van der Waals surface area (Å²) in [6.07, 6.45) is 2.40. The van der Waals surface area contributed by atoms with Crippen molar-refractivity contribution in [2.45, 2.75) is 39.5 Å². The molecule has 0 N–H and O–H groups in total. The highest BCUT2D eigenvalue weighted by Gasteiger charge is 2.29. The van der Waals surface area contributed by atoms with Gasteiger partial charge in [0.15, 0.2) is 0 Å². The van der Waals surface area contributed by atoms with Gasteiger partial charge in [-0.1, -0.05) is 39.0 Å². The second-order valence-electron chi connectivity index (χ2n) is 5.45. The zero-order valence-corrected chi connectivity index (χ0v) is 9.92. The summed E-state index contributed by atoms with van der Waals surface area (Å²) in [4.78, 5) is 0. The first-order chi connectivity index (χ1) is 7.09. The van der Waals surface area contributed by atoms with Gasteiger partial charge in [0.25, 0.3) is 0 Å². The van der Waals surface area contributed by atoms with E-state index in [0.29, 0.717) is 11.3 Å². The average molecular weight is 204 g/mol. The standard InChI is InChI=1S/C14H20O/c1-14(2,3)12-8-6-10-15-13-9-5-4-7-11(12)13/h4-5,7,9,12H,6,8,10H2,1-3H3. The van der Waals surface area contributed by atoms with Crippen molar-refractivity contribution < 1.29 is 4.74 Å². The molecular formula is C14H20O. The molecule has 0 amide bonds. The SMILES string of the molecule is CC(C)(C)C1CCCOc2ccccc21. The van der Waals surface area contributed by atoms with E-state index in [-0.39, 0.29) is 0 Å². The summed E-state index contributed by atoms with van der Waals surface area (Å²) < 4.78 is 5.77. The Bertz CT molecular complexity index is 335. The van der Waals surface area contributed by atoms with Gasteiger partial charge >= 0.3 is 0 Å². The number of ether oxygens (including phenoxy) is 1. The van der Waals surface area contributed by atoms with Crippen LogP contribution in [-0.2, 0) is 0 Å². The first-order valence-corrected chi connectivity index (χ1v) is 5.81. The molecule has 15 heavy (non-hydrogen) atoms. The van der Waals surface area contributed by atoms with Gasteiger partial charge in [0.1, 0.15) is 5.75 Å². The molecule has 82 valence electrons. The maximum Gasteiger partial charge on any atom is 0.122 e. The number of hydrogen-bond acceptors (Lipinski definition) is 1. The van der Waals surface area contributed by atoms with Gasteiger partial charge in [0.2, 0.25) is 0 Å². The van der Waals surface area contributed by atoms with Crippen molar-refractivity contribution in [2.75, 3.05) is 6.61 Å². The van der Waals surface area contributed by atoms with E-state index in [9.17, 15) is 0 Å². The minimum absolute atomic E-state index is 0.323. The number of benzene rings is 1. The van der Waals surface area contributed by atoms with Crippen molar-refractivity contribution >= 4 is 0 Å². The van der Waals surface area contributed by atoms with Crippen LogP contribution in [0.5, 0.6) is 5.75 Å². The number of para-hydroxylation sites is 1. The zero-order chi connectivity index (χ0) is 10.9. The number of fused-ring (bicyclic) bond motifs is 1. The molecule has 0 saturated heterocycles. The molecule has 0 fully saturated rings. The number of hydrogen-bond donors (Lipinski definition) is 0. The lowest BCUT2D eigenvalue weighted by molar-refractivity contribution is 0.292. The smallest absolute Gasteiger partial charge is 0.122 e. The van der Waals surface area contributed by atoms with Crippen LogP contribution >= 0.6 is 0 Å². The summed E-state index contributed by atoms with van der Waals surface area (Å²) >= 11 is 0. The van der Waals surface area contributed by atoms with Crippen LogP contribution in [0.3, 0.4) is 0 Å². The molecule has 1 aromatic carbocycles. The van der Waals surface area contributed by atoms with E-state index in [4.69, 9.17) is 4.74 Å². The first kappa shape index (κ1) is 10.5. The molecule has 0 saturated carbocycles. The lowest BCUT2D eigenvalue weighted by Crippen LogP contribution is -2.17. The minimum atomic E-state index is 0.323. The fraction of sp³-hybridized carbons (Fsp3) is 0.571. The Morgan fingerprint density at radius 2 is 1.93 bits per heavy atom. The van der Waals surface area contributed by atoms with Crippen molar-refractivity contribution in [1.29, 1.82) is 0 Å². The van der Waals surface area contributed by atoms with Crippen molar-refractivity contribution in [3.8, 4) is 5.75 Å². The zero-order valence-electron chi connectivity index (χ0n) is 9.92. The van der Waals surface area contributed by atoms with Crippen LogP contribution in [0.4, 0.5) is 0 Å². The lowest BCUT2D eigenvalue weighted by atomic mass is 9.74. The Kier molecular flexibility index (Phi) is 2.72. The van der Waals surface area contributed by atoms with Gasteiger partial charge in [0, 0.05) is 0 Å². The van der Waals surface area contributed by atoms with Crippen LogP contribution in [0, 0.1) is 5.41 Å². The van der Waals surface area contributed by atoms with Gasteiger partial charge in [-0.2, -0.15) is 0 Å². The summed E-state index contributed by atoms with van der Waals surface area (Å²) in [7, 11) is 0. The summed E-state index contributed by atoms with van der Waals surface area (Å²) in [5.41, 5.74) is 1.71. The monoisotopic (exact) mass is 204 g/mol. The van der Waals surface area contributed by atoms with Crippen molar-refractivity contribution in [3.63, 3.8) is 0 Å². The summed E-state index contributed by atoms with van der Waals surface area (Å²) in [6, 6.07) is 8.49. The second-order valence-corrected chi connectivity index (χ2v) is 5.45. The molecule has 1 atom stereocenters. The summed E-state index contributed by atoms with van der Waals surface area (Å²) in [5.74, 6) is 1.71. The van der Waals surface area contributed by atoms with E-state index in [2.05, 4.69) is 45.0 Å². The molecule has 1 heteroatoms. The third kappa shape index (κ3) is 2.17. The van der Waals surface area contributed by atoms with Crippen molar-refractivity contribution in [2.24, 2.45) is 5.41 Å². The molecule has 0 aromatic heterocycles. The van der Waals surface area contributed by atoms with Gasteiger partial charge in [0.05, 0.1) is 6.61 Å². The Labute approximate surface area is 92.5 Å². The van der Waals surface area contributed by atoms with Gasteiger partial charge in [-0.25, -0.2) is 0 Å². The second kappa shape index (κ2) is 3.88. The van der Waals surface area contributed by atoms with Gasteiger partial charge in [-0.05, 0) is 35.8 Å². The van der Waals surface area contributed by atoms with E-state index >= 15 is 0 Å². The largest absolute Gasteiger partial charge is 0.493 e. The van der Waals surface area contributed by atoms with E-state index in [1.54, 1.807) is 0 Å². The molecule has 0 spiro atoms. The Balaban J connectivity index is 2.41. The van der Waals surface area contributed by atoms with E-state index in [1.807, 2.05) is 0 Å². The maximum atomic E-state index is 5.77. The van der Waals surface area contributed by atoms with E-state index in [0.717, 1.165) is 18.8 Å². The van der Waals surface area contributed by atoms with Gasteiger partial charge in [-0.15, -0.1) is 0 Å². The van der Waals surface area contributed by atoms with Crippen molar-refractivity contribution in [3.05, 3.63) is 29.8 Å². The van der Waals surface area contributed by atoms with Crippen molar-refractivity contribution in [1.82, 2.24) is 0 Å².